The lowest BCUT2D eigenvalue weighted by Gasteiger charge is -2.21. The van der Waals surface area contributed by atoms with Crippen LogP contribution in [0.1, 0.15) is 32.8 Å². The Morgan fingerprint density at radius 1 is 1.40 bits per heavy atom. The quantitative estimate of drug-likeness (QED) is 0.717. The first-order chi connectivity index (χ1) is 9.51. The highest BCUT2D eigenvalue weighted by Gasteiger charge is 2.11. The topological polar surface area (TPSA) is 58.4 Å². The van der Waals surface area contributed by atoms with Gasteiger partial charge in [-0.2, -0.15) is 0 Å². The Labute approximate surface area is 122 Å². The predicted molar refractivity (Wildman–Crippen MR) is 84.3 cm³/mol. The van der Waals surface area contributed by atoms with Crippen molar-refractivity contribution >= 4 is 11.6 Å². The molecule has 1 aromatic carbocycles. The van der Waals surface area contributed by atoms with Crippen molar-refractivity contribution in [1.82, 2.24) is 10.2 Å². The summed E-state index contributed by atoms with van der Waals surface area (Å²) in [7, 11) is 0. The van der Waals surface area contributed by atoms with Crippen LogP contribution in [0.25, 0.3) is 0 Å². The Hall–Kier alpha value is -1.55. The molecule has 4 heteroatoms. The number of benzene rings is 1. The van der Waals surface area contributed by atoms with Crippen LogP contribution >= 0.6 is 0 Å². The molecule has 0 bridgehead atoms. The first kappa shape index (κ1) is 16.5. The van der Waals surface area contributed by atoms with E-state index in [-0.39, 0.29) is 5.91 Å². The van der Waals surface area contributed by atoms with Gasteiger partial charge in [0.25, 0.3) is 0 Å². The summed E-state index contributed by atoms with van der Waals surface area (Å²) in [4.78, 5) is 14.1. The number of nitrogens with one attached hydrogen (secondary N) is 1. The van der Waals surface area contributed by atoms with Gasteiger partial charge >= 0.3 is 0 Å². The van der Waals surface area contributed by atoms with Crippen LogP contribution < -0.4 is 11.1 Å². The number of nitrogen functional groups attached to an aromatic ring is 1. The zero-order chi connectivity index (χ0) is 15.0. The van der Waals surface area contributed by atoms with Crippen LogP contribution in [0.3, 0.4) is 0 Å². The molecule has 0 unspecified atom stereocenters. The minimum atomic E-state index is 0.0936. The number of nitrogens with zero attached hydrogens (tertiary/aromatic N) is 1. The molecule has 0 heterocycles. The van der Waals surface area contributed by atoms with Gasteiger partial charge in [0.15, 0.2) is 0 Å². The van der Waals surface area contributed by atoms with Crippen molar-refractivity contribution in [2.45, 2.75) is 33.7 Å². The molecule has 112 valence electrons. The zero-order valence-corrected chi connectivity index (χ0v) is 12.9. The number of hydrogen-bond donors (Lipinski definition) is 2. The number of anilines is 1. The van der Waals surface area contributed by atoms with Gasteiger partial charge in [-0.15, -0.1) is 0 Å². The molecule has 20 heavy (non-hydrogen) atoms. The van der Waals surface area contributed by atoms with Crippen molar-refractivity contribution in [2.75, 3.05) is 25.4 Å². The highest BCUT2D eigenvalue weighted by molar-refractivity contribution is 5.78. The van der Waals surface area contributed by atoms with Crippen molar-refractivity contribution in [3.8, 4) is 0 Å². The molecule has 1 amide bonds. The van der Waals surface area contributed by atoms with E-state index >= 15 is 0 Å². The molecule has 0 aliphatic heterocycles. The SMILES string of the molecule is CCCN(CC(=O)NCC(C)C)Cc1cccc(N)c1. The lowest BCUT2D eigenvalue weighted by Crippen LogP contribution is -2.38. The Bertz CT molecular complexity index is 418. The van der Waals surface area contributed by atoms with Gasteiger partial charge in [0.05, 0.1) is 6.54 Å². The van der Waals surface area contributed by atoms with Crippen LogP contribution in [0.15, 0.2) is 24.3 Å². The molecule has 0 saturated carbocycles. The minimum Gasteiger partial charge on any atom is -0.399 e. The van der Waals surface area contributed by atoms with Gasteiger partial charge in [-0.05, 0) is 36.6 Å². The Kier molecular flexibility index (Phi) is 7.09. The molecule has 0 aromatic heterocycles. The third-order valence-corrected chi connectivity index (χ3v) is 2.97. The van der Waals surface area contributed by atoms with E-state index in [1.165, 1.54) is 0 Å². The van der Waals surface area contributed by atoms with Crippen LogP contribution in [0, 0.1) is 5.92 Å². The number of hydrogen-bond acceptors (Lipinski definition) is 3. The number of nitrogens with two attached hydrogens (primary N) is 1. The molecule has 0 aliphatic carbocycles. The maximum absolute atomic E-state index is 11.9. The van der Waals surface area contributed by atoms with Gasteiger partial charge in [-0.3, -0.25) is 9.69 Å². The molecule has 0 aliphatic rings. The van der Waals surface area contributed by atoms with E-state index < -0.39 is 0 Å². The minimum absolute atomic E-state index is 0.0936. The van der Waals surface area contributed by atoms with Gasteiger partial charge in [0, 0.05) is 18.8 Å². The fraction of sp³-hybridized carbons (Fsp3) is 0.562. The summed E-state index contributed by atoms with van der Waals surface area (Å²) < 4.78 is 0. The second-order valence-electron chi connectivity index (χ2n) is 5.65. The fourth-order valence-electron chi connectivity index (χ4n) is 2.06. The van der Waals surface area contributed by atoms with E-state index in [4.69, 9.17) is 5.73 Å². The average Bonchev–Trinajstić information content (AvgIpc) is 2.36. The monoisotopic (exact) mass is 277 g/mol. The average molecular weight is 277 g/mol. The second kappa shape index (κ2) is 8.59. The summed E-state index contributed by atoms with van der Waals surface area (Å²) in [6, 6.07) is 7.84. The number of carbonyl (C=O) groups excluding carboxylic acids is 1. The molecule has 4 nitrogen and oxygen atoms in total. The van der Waals surface area contributed by atoms with Gasteiger partial charge in [0.2, 0.25) is 5.91 Å². The van der Waals surface area contributed by atoms with Gasteiger partial charge < -0.3 is 11.1 Å². The highest BCUT2D eigenvalue weighted by Crippen LogP contribution is 2.09. The van der Waals surface area contributed by atoms with E-state index in [9.17, 15) is 4.79 Å². The zero-order valence-electron chi connectivity index (χ0n) is 12.9. The molecule has 0 fully saturated rings. The summed E-state index contributed by atoms with van der Waals surface area (Å²) in [6.45, 7) is 9.15. The van der Waals surface area contributed by atoms with Crippen molar-refractivity contribution in [3.63, 3.8) is 0 Å². The molecule has 3 N–H and O–H groups in total. The Balaban J connectivity index is 2.53. The van der Waals surface area contributed by atoms with E-state index in [2.05, 4.69) is 31.0 Å². The normalized spacial score (nSPS) is 11.1. The van der Waals surface area contributed by atoms with E-state index in [1.54, 1.807) is 0 Å². The third-order valence-electron chi connectivity index (χ3n) is 2.97. The Morgan fingerprint density at radius 3 is 2.75 bits per heavy atom. The molecule has 1 aromatic rings. The van der Waals surface area contributed by atoms with Crippen molar-refractivity contribution in [1.29, 1.82) is 0 Å². The summed E-state index contributed by atoms with van der Waals surface area (Å²) in [5.74, 6) is 0.573. The van der Waals surface area contributed by atoms with E-state index in [0.717, 1.165) is 37.3 Å². The molecular weight excluding hydrogens is 250 g/mol. The maximum atomic E-state index is 11.9. The predicted octanol–water partition coefficient (Wildman–Crippen LogP) is 2.25. The first-order valence-electron chi connectivity index (χ1n) is 7.34. The summed E-state index contributed by atoms with van der Waals surface area (Å²) in [5.41, 5.74) is 7.71. The standard InChI is InChI=1S/C16H27N3O/c1-4-8-19(12-16(20)18-10-13(2)3)11-14-6-5-7-15(17)9-14/h5-7,9,13H,4,8,10-12,17H2,1-3H3,(H,18,20). The lowest BCUT2D eigenvalue weighted by molar-refractivity contribution is -0.122. The van der Waals surface area contributed by atoms with Crippen LogP contribution in [-0.2, 0) is 11.3 Å². The summed E-state index contributed by atoms with van der Waals surface area (Å²) in [6.07, 6.45) is 1.03. The van der Waals surface area contributed by atoms with Gasteiger partial charge in [-0.25, -0.2) is 0 Å². The highest BCUT2D eigenvalue weighted by atomic mass is 16.2. The molecule has 0 spiro atoms. The second-order valence-corrected chi connectivity index (χ2v) is 5.65. The van der Waals surface area contributed by atoms with Crippen LogP contribution in [-0.4, -0.2) is 30.4 Å². The van der Waals surface area contributed by atoms with Crippen LogP contribution in [0.4, 0.5) is 5.69 Å². The summed E-state index contributed by atoms with van der Waals surface area (Å²) >= 11 is 0. The molecule has 0 radical (unpaired) electrons. The van der Waals surface area contributed by atoms with Gasteiger partial charge in [-0.1, -0.05) is 32.9 Å². The lowest BCUT2D eigenvalue weighted by atomic mass is 10.2. The number of carbonyl (C=O) groups is 1. The third kappa shape index (κ3) is 6.57. The van der Waals surface area contributed by atoms with Crippen molar-refractivity contribution in [2.24, 2.45) is 5.92 Å². The van der Waals surface area contributed by atoms with E-state index in [1.807, 2.05) is 24.3 Å². The van der Waals surface area contributed by atoms with Crippen LogP contribution in [0.2, 0.25) is 0 Å². The number of rotatable bonds is 8. The van der Waals surface area contributed by atoms with Crippen molar-refractivity contribution in [3.05, 3.63) is 29.8 Å². The van der Waals surface area contributed by atoms with E-state index in [0.29, 0.717) is 12.5 Å². The molecule has 0 atom stereocenters. The Morgan fingerprint density at radius 2 is 2.15 bits per heavy atom. The van der Waals surface area contributed by atoms with Gasteiger partial charge in [0.1, 0.15) is 0 Å². The molecular formula is C16H27N3O. The molecule has 0 saturated heterocycles. The number of amides is 1. The summed E-state index contributed by atoms with van der Waals surface area (Å²) in [5, 5.41) is 2.96. The van der Waals surface area contributed by atoms with Crippen LogP contribution in [0.5, 0.6) is 0 Å². The maximum Gasteiger partial charge on any atom is 0.234 e. The first-order valence-corrected chi connectivity index (χ1v) is 7.34. The molecule has 1 rings (SSSR count). The largest absolute Gasteiger partial charge is 0.399 e. The smallest absolute Gasteiger partial charge is 0.234 e. The van der Waals surface area contributed by atoms with Crippen molar-refractivity contribution < 1.29 is 4.79 Å². The fourth-order valence-corrected chi connectivity index (χ4v) is 2.06.